The number of halogens is 1. The minimum Gasteiger partial charge on any atom is -0.369 e. The van der Waals surface area contributed by atoms with Crippen molar-refractivity contribution in [3.05, 3.63) is 28.3 Å². The number of hydrogen-bond acceptors (Lipinski definition) is 6. The predicted molar refractivity (Wildman–Crippen MR) is 101 cm³/mol. The summed E-state index contributed by atoms with van der Waals surface area (Å²) in [7, 11) is 3.24. The van der Waals surface area contributed by atoms with Crippen molar-refractivity contribution in [1.82, 2.24) is 10.2 Å². The van der Waals surface area contributed by atoms with Gasteiger partial charge in [0, 0.05) is 57.3 Å². The molecule has 150 valence electrons. The topological polar surface area (TPSA) is 88.2 Å². The van der Waals surface area contributed by atoms with E-state index < -0.39 is 11.9 Å². The van der Waals surface area contributed by atoms with Crippen molar-refractivity contribution >= 4 is 35.0 Å². The van der Waals surface area contributed by atoms with Crippen LogP contribution < -0.4 is 10.2 Å². The number of fused-ring (bicyclic) bond motifs is 1. The van der Waals surface area contributed by atoms with Gasteiger partial charge in [0.05, 0.1) is 10.7 Å². The fraction of sp³-hybridized carbons (Fsp3) is 0.526. The molecule has 2 fully saturated rings. The molecular weight excluding hydrogens is 386 g/mol. The first-order chi connectivity index (χ1) is 13.4. The van der Waals surface area contributed by atoms with E-state index >= 15 is 0 Å². The molecule has 1 aromatic carbocycles. The molecule has 2 saturated heterocycles. The number of amides is 3. The third kappa shape index (κ3) is 3.05. The van der Waals surface area contributed by atoms with Gasteiger partial charge in [0.15, 0.2) is 6.29 Å². The second-order valence-corrected chi connectivity index (χ2v) is 7.71. The summed E-state index contributed by atoms with van der Waals surface area (Å²) < 4.78 is 10.6. The number of carbonyl (C=O) groups excluding carboxylic acids is 3. The molecule has 3 aliphatic rings. The Morgan fingerprint density at radius 3 is 2.54 bits per heavy atom. The molecule has 3 aliphatic heterocycles. The van der Waals surface area contributed by atoms with E-state index in [1.54, 1.807) is 20.3 Å². The van der Waals surface area contributed by atoms with Crippen molar-refractivity contribution in [2.24, 2.45) is 5.92 Å². The van der Waals surface area contributed by atoms with Gasteiger partial charge in [0.2, 0.25) is 11.8 Å². The molecule has 4 rings (SSSR count). The molecule has 0 radical (unpaired) electrons. The average molecular weight is 408 g/mol. The van der Waals surface area contributed by atoms with Gasteiger partial charge >= 0.3 is 0 Å². The molecule has 0 saturated carbocycles. The molecule has 3 heterocycles. The third-order valence-corrected chi connectivity index (χ3v) is 6.15. The highest BCUT2D eigenvalue weighted by atomic mass is 35.5. The van der Waals surface area contributed by atoms with Crippen molar-refractivity contribution in [2.45, 2.75) is 31.7 Å². The Balaban J connectivity index is 1.52. The Morgan fingerprint density at radius 1 is 1.18 bits per heavy atom. The molecule has 8 nitrogen and oxygen atoms in total. The van der Waals surface area contributed by atoms with Crippen molar-refractivity contribution in [3.63, 3.8) is 0 Å². The van der Waals surface area contributed by atoms with E-state index in [1.165, 1.54) is 4.90 Å². The first-order valence-corrected chi connectivity index (χ1v) is 9.59. The van der Waals surface area contributed by atoms with E-state index in [-0.39, 0.29) is 37.0 Å². The second kappa shape index (κ2) is 7.35. The maximum Gasteiger partial charge on any atom is 0.255 e. The molecule has 0 spiro atoms. The number of imide groups is 1. The van der Waals surface area contributed by atoms with Gasteiger partial charge in [-0.25, -0.2) is 0 Å². The number of piperidine rings is 1. The molecule has 1 aromatic rings. The monoisotopic (exact) mass is 407 g/mol. The van der Waals surface area contributed by atoms with Gasteiger partial charge in [0.25, 0.3) is 5.91 Å². The Labute approximate surface area is 167 Å². The van der Waals surface area contributed by atoms with Crippen LogP contribution in [0.1, 0.15) is 28.8 Å². The predicted octanol–water partition coefficient (Wildman–Crippen LogP) is 1.16. The van der Waals surface area contributed by atoms with E-state index in [0.29, 0.717) is 17.0 Å². The number of nitrogens with one attached hydrogen (secondary N) is 1. The number of nitrogens with zero attached hydrogens (tertiary/aromatic N) is 2. The van der Waals surface area contributed by atoms with Crippen molar-refractivity contribution < 1.29 is 23.9 Å². The zero-order chi connectivity index (χ0) is 20.0. The molecule has 3 amide bonds. The molecule has 1 N–H and O–H groups in total. The van der Waals surface area contributed by atoms with E-state index in [2.05, 4.69) is 10.2 Å². The average Bonchev–Trinajstić information content (AvgIpc) is 2.96. The van der Waals surface area contributed by atoms with Gasteiger partial charge in [0.1, 0.15) is 6.04 Å². The Kier molecular flexibility index (Phi) is 5.03. The lowest BCUT2D eigenvalue weighted by Crippen LogP contribution is -2.53. The first kappa shape index (κ1) is 19.2. The highest BCUT2D eigenvalue weighted by Gasteiger charge is 2.41. The number of benzene rings is 1. The lowest BCUT2D eigenvalue weighted by atomic mass is 9.97. The second-order valence-electron chi connectivity index (χ2n) is 7.33. The standard InChI is InChI=1S/C19H22ClN3O5/c1-27-19(28-2)10-7-22(8-10)13-4-3-11-12(16(13)20)9-23(18(11)26)14-5-6-15(24)21-17(14)25/h3-4,10,14,19H,5-9H2,1-2H3,(H,21,24,25). The van der Waals surface area contributed by atoms with Crippen LogP contribution in [0.2, 0.25) is 5.02 Å². The minimum absolute atomic E-state index is 0.224. The smallest absolute Gasteiger partial charge is 0.255 e. The Morgan fingerprint density at radius 2 is 1.89 bits per heavy atom. The summed E-state index contributed by atoms with van der Waals surface area (Å²) >= 11 is 6.65. The van der Waals surface area contributed by atoms with Crippen molar-refractivity contribution in [2.75, 3.05) is 32.2 Å². The van der Waals surface area contributed by atoms with Crippen LogP contribution >= 0.6 is 11.6 Å². The number of anilines is 1. The van der Waals surface area contributed by atoms with Gasteiger partial charge in [-0.15, -0.1) is 0 Å². The lowest BCUT2D eigenvalue weighted by molar-refractivity contribution is -0.142. The van der Waals surface area contributed by atoms with E-state index in [9.17, 15) is 14.4 Å². The van der Waals surface area contributed by atoms with Crippen LogP contribution in [0, 0.1) is 5.92 Å². The van der Waals surface area contributed by atoms with Crippen molar-refractivity contribution in [3.8, 4) is 0 Å². The van der Waals surface area contributed by atoms with Gasteiger partial charge in [-0.05, 0) is 18.6 Å². The molecule has 0 bridgehead atoms. The molecule has 0 aliphatic carbocycles. The van der Waals surface area contributed by atoms with Crippen molar-refractivity contribution in [1.29, 1.82) is 0 Å². The summed E-state index contributed by atoms with van der Waals surface area (Å²) in [4.78, 5) is 40.0. The normalized spacial score (nSPS) is 22.6. The Bertz CT molecular complexity index is 835. The number of carbonyl (C=O) groups is 3. The molecule has 0 aromatic heterocycles. The quantitative estimate of drug-likeness (QED) is 0.582. The van der Waals surface area contributed by atoms with Crippen LogP contribution in [-0.4, -0.2) is 62.3 Å². The van der Waals surface area contributed by atoms with Gasteiger partial charge in [-0.3, -0.25) is 19.7 Å². The largest absolute Gasteiger partial charge is 0.369 e. The number of ether oxygens (including phenoxy) is 2. The molecule has 1 unspecified atom stereocenters. The maximum atomic E-state index is 12.8. The first-order valence-electron chi connectivity index (χ1n) is 9.21. The molecule has 1 atom stereocenters. The number of rotatable bonds is 5. The van der Waals surface area contributed by atoms with E-state index in [0.717, 1.165) is 24.3 Å². The highest BCUT2D eigenvalue weighted by Crippen LogP contribution is 2.40. The fourth-order valence-corrected chi connectivity index (χ4v) is 4.54. The number of methoxy groups -OCH3 is 2. The summed E-state index contributed by atoms with van der Waals surface area (Å²) in [5.41, 5.74) is 2.11. The molecule has 28 heavy (non-hydrogen) atoms. The van der Waals surface area contributed by atoms with E-state index in [4.69, 9.17) is 21.1 Å². The zero-order valence-corrected chi connectivity index (χ0v) is 16.5. The van der Waals surface area contributed by atoms with Gasteiger partial charge in [-0.2, -0.15) is 0 Å². The summed E-state index contributed by atoms with van der Waals surface area (Å²) in [6.45, 7) is 1.76. The molecule has 9 heteroatoms. The summed E-state index contributed by atoms with van der Waals surface area (Å²) in [6.07, 6.45) is 0.303. The number of hydrogen-bond donors (Lipinski definition) is 1. The minimum atomic E-state index is -0.644. The van der Waals surface area contributed by atoms with Crippen LogP contribution in [0.15, 0.2) is 12.1 Å². The summed E-state index contributed by atoms with van der Waals surface area (Å²) in [5, 5.41) is 2.84. The Hall–Kier alpha value is -2.16. The van der Waals surface area contributed by atoms with Crippen LogP contribution in [0.4, 0.5) is 5.69 Å². The summed E-state index contributed by atoms with van der Waals surface area (Å²) in [5.74, 6) is -0.702. The summed E-state index contributed by atoms with van der Waals surface area (Å²) in [6, 6.07) is 2.97. The van der Waals surface area contributed by atoms with Crippen LogP contribution in [0.3, 0.4) is 0 Å². The molecular formula is C19H22ClN3O5. The van der Waals surface area contributed by atoms with Crippen LogP contribution in [0.5, 0.6) is 0 Å². The zero-order valence-electron chi connectivity index (χ0n) is 15.7. The third-order valence-electron chi connectivity index (χ3n) is 5.73. The van der Waals surface area contributed by atoms with Crippen LogP contribution in [-0.2, 0) is 25.6 Å². The fourth-order valence-electron chi connectivity index (χ4n) is 4.20. The lowest BCUT2D eigenvalue weighted by Gasteiger charge is -2.44. The van der Waals surface area contributed by atoms with E-state index in [1.807, 2.05) is 6.07 Å². The SMILES string of the molecule is COC(OC)C1CN(c2ccc3c(c2Cl)CN(C2CCC(=O)NC2=O)C3=O)C1. The van der Waals surface area contributed by atoms with Crippen LogP contribution in [0.25, 0.3) is 0 Å². The van der Waals surface area contributed by atoms with Gasteiger partial charge < -0.3 is 19.3 Å². The highest BCUT2D eigenvalue weighted by molar-refractivity contribution is 6.35. The van der Waals surface area contributed by atoms with Gasteiger partial charge in [-0.1, -0.05) is 11.6 Å². The maximum absolute atomic E-state index is 12.8.